The Morgan fingerprint density at radius 2 is 1.56 bits per heavy atom. The van der Waals surface area contributed by atoms with Gasteiger partial charge in [-0.2, -0.15) is 0 Å². The lowest BCUT2D eigenvalue weighted by Gasteiger charge is -2.73. The summed E-state index contributed by atoms with van der Waals surface area (Å²) in [5.41, 5.74) is 7.96. The predicted molar refractivity (Wildman–Crippen MR) is 191 cm³/mol. The van der Waals surface area contributed by atoms with Crippen molar-refractivity contribution in [3.05, 3.63) is 47.0 Å². The van der Waals surface area contributed by atoms with E-state index in [2.05, 4.69) is 53.4 Å². The number of carbonyl (C=O) groups is 3. The summed E-state index contributed by atoms with van der Waals surface area (Å²) in [5.74, 6) is 1.93. The number of carbonyl (C=O) groups excluding carboxylic acids is 3. The molecule has 6 nitrogen and oxygen atoms in total. The third-order valence-electron chi connectivity index (χ3n) is 15.7. The Kier molecular flexibility index (Phi) is 9.21. The zero-order valence-corrected chi connectivity index (χ0v) is 31.0. The highest BCUT2D eigenvalue weighted by molar-refractivity contribution is 6.30. The maximum atomic E-state index is 13.0. The summed E-state index contributed by atoms with van der Waals surface area (Å²) >= 11 is 6.05. The molecule has 5 aliphatic rings. The molecule has 6 rings (SSSR count). The molecule has 10 atom stereocenters. The van der Waals surface area contributed by atoms with Gasteiger partial charge in [0.2, 0.25) is 5.91 Å². The number of fused-ring (bicyclic) bond motifs is 7. The number of nitrogens with two attached hydrogens (primary N) is 1. The van der Waals surface area contributed by atoms with Gasteiger partial charge in [0.25, 0.3) is 5.91 Å². The topological polar surface area (TPSA) is 98.5 Å². The van der Waals surface area contributed by atoms with Crippen LogP contribution in [0, 0.1) is 56.7 Å². The Morgan fingerprint density at radius 3 is 2.25 bits per heavy atom. The smallest absolute Gasteiger partial charge is 0.306 e. The highest BCUT2D eigenvalue weighted by atomic mass is 35.5. The van der Waals surface area contributed by atoms with Gasteiger partial charge in [-0.05, 0) is 140 Å². The maximum Gasteiger partial charge on any atom is 0.306 e. The van der Waals surface area contributed by atoms with E-state index in [-0.39, 0.29) is 52.5 Å². The van der Waals surface area contributed by atoms with Crippen LogP contribution in [0.2, 0.25) is 5.02 Å². The second-order valence-corrected chi connectivity index (χ2v) is 18.6. The Balaban J connectivity index is 1.20. The number of esters is 1. The molecule has 5 aliphatic carbocycles. The molecule has 0 heterocycles. The number of ether oxygens (including phenoxy) is 1. The molecule has 0 saturated heterocycles. The average molecular weight is 679 g/mol. The van der Waals surface area contributed by atoms with Crippen LogP contribution in [-0.2, 0) is 14.3 Å². The molecule has 0 spiro atoms. The Morgan fingerprint density at radius 1 is 0.854 bits per heavy atom. The molecule has 7 heteroatoms. The molecule has 2 amide bonds. The van der Waals surface area contributed by atoms with E-state index in [9.17, 15) is 14.4 Å². The Hall–Kier alpha value is -2.34. The van der Waals surface area contributed by atoms with Crippen molar-refractivity contribution in [1.29, 1.82) is 0 Å². The van der Waals surface area contributed by atoms with Crippen molar-refractivity contribution >= 4 is 29.4 Å². The van der Waals surface area contributed by atoms with E-state index in [4.69, 9.17) is 22.1 Å². The SMILES string of the molecule is C=C(CNC(=O)c1ccc(Cl)cc1)[C@@H]1CC[C@]2(C)CC[C@]3(C)[C@H](CC[C@@H]4[C@@]5(C)CC[C@H](OC(=O)CCC(N)=O)C(C)(C)[C@@H]5CC[C@]43C)[C@@H]12. The lowest BCUT2D eigenvalue weighted by atomic mass is 9.32. The fourth-order valence-electron chi connectivity index (χ4n) is 13.1. The number of nitrogens with one attached hydrogen (secondary N) is 1. The maximum absolute atomic E-state index is 13.0. The van der Waals surface area contributed by atoms with Gasteiger partial charge < -0.3 is 15.8 Å². The number of hydrogen-bond acceptors (Lipinski definition) is 4. The molecule has 0 radical (unpaired) electrons. The zero-order valence-electron chi connectivity index (χ0n) is 30.3. The Labute approximate surface area is 293 Å². The van der Waals surface area contributed by atoms with Crippen molar-refractivity contribution in [2.75, 3.05) is 6.54 Å². The van der Waals surface area contributed by atoms with Crippen LogP contribution in [-0.4, -0.2) is 30.4 Å². The molecular weight excluding hydrogens is 620 g/mol. The highest BCUT2D eigenvalue weighted by Crippen LogP contribution is 2.77. The summed E-state index contributed by atoms with van der Waals surface area (Å²) in [4.78, 5) is 37.0. The first kappa shape index (κ1) is 35.5. The number of amides is 2. The lowest BCUT2D eigenvalue weighted by Crippen LogP contribution is -2.66. The normalized spacial score (nSPS) is 41.1. The van der Waals surface area contributed by atoms with E-state index in [1.807, 2.05) is 0 Å². The van der Waals surface area contributed by atoms with Crippen LogP contribution in [0.3, 0.4) is 0 Å². The first-order valence-corrected chi connectivity index (χ1v) is 19.0. The molecule has 264 valence electrons. The summed E-state index contributed by atoms with van der Waals surface area (Å²) in [6.07, 6.45) is 11.8. The van der Waals surface area contributed by atoms with Gasteiger partial charge >= 0.3 is 5.97 Å². The van der Waals surface area contributed by atoms with Crippen molar-refractivity contribution < 1.29 is 19.1 Å². The van der Waals surface area contributed by atoms with E-state index in [1.54, 1.807) is 24.3 Å². The third kappa shape index (κ3) is 5.64. The second kappa shape index (κ2) is 12.5. The molecule has 3 N–H and O–H groups in total. The Bertz CT molecular complexity index is 1460. The fourth-order valence-corrected chi connectivity index (χ4v) is 13.2. The van der Waals surface area contributed by atoms with Gasteiger partial charge in [-0.1, -0.05) is 65.3 Å². The van der Waals surface area contributed by atoms with Gasteiger partial charge in [-0.25, -0.2) is 0 Å². The van der Waals surface area contributed by atoms with Gasteiger partial charge in [-0.3, -0.25) is 14.4 Å². The molecule has 48 heavy (non-hydrogen) atoms. The summed E-state index contributed by atoms with van der Waals surface area (Å²) in [5, 5.41) is 3.80. The van der Waals surface area contributed by atoms with Crippen molar-refractivity contribution in [2.24, 2.45) is 62.4 Å². The van der Waals surface area contributed by atoms with E-state index >= 15 is 0 Å². The van der Waals surface area contributed by atoms with Crippen LogP contribution in [0.4, 0.5) is 0 Å². The van der Waals surface area contributed by atoms with Gasteiger partial charge in [0.05, 0.1) is 6.42 Å². The molecule has 1 aromatic rings. The van der Waals surface area contributed by atoms with Crippen LogP contribution in [0.1, 0.15) is 129 Å². The first-order chi connectivity index (χ1) is 22.5. The van der Waals surface area contributed by atoms with Gasteiger partial charge in [0.15, 0.2) is 0 Å². The summed E-state index contributed by atoms with van der Waals surface area (Å²) in [6, 6.07) is 7.08. The molecule has 0 bridgehead atoms. The quantitative estimate of drug-likeness (QED) is 0.212. The lowest BCUT2D eigenvalue weighted by molar-refractivity contribution is -0.249. The monoisotopic (exact) mass is 678 g/mol. The number of rotatable bonds is 8. The van der Waals surface area contributed by atoms with Crippen molar-refractivity contribution in [2.45, 2.75) is 125 Å². The van der Waals surface area contributed by atoms with E-state index in [0.29, 0.717) is 52.1 Å². The minimum Gasteiger partial charge on any atom is -0.462 e. The van der Waals surface area contributed by atoms with E-state index in [0.717, 1.165) is 25.7 Å². The second-order valence-electron chi connectivity index (χ2n) is 18.1. The molecule has 5 saturated carbocycles. The molecule has 0 aromatic heterocycles. The molecule has 1 aromatic carbocycles. The predicted octanol–water partition coefficient (Wildman–Crippen LogP) is 8.90. The third-order valence-corrected chi connectivity index (χ3v) is 16.0. The summed E-state index contributed by atoms with van der Waals surface area (Å²) < 4.78 is 6.09. The highest BCUT2D eigenvalue weighted by Gasteiger charge is 2.70. The van der Waals surface area contributed by atoms with Crippen LogP contribution >= 0.6 is 11.6 Å². The number of halogens is 1. The standard InChI is InChI=1S/C41H59ClN2O4/c1-25(24-44-36(47)26-8-10-27(42)11-9-26)28-16-19-38(4)22-23-40(6)29(35(28)38)12-13-31-39(5)20-18-32(48-34(46)15-14-33(43)45)37(2,3)30(39)17-21-41(31,40)7/h8-11,28-32,35H,1,12-24H2,2-7H3,(H2,43,45)(H,44,47)/t28-,29+,30-,31+,32-,35+,38+,39-,40+,41+/m0/s1. The average Bonchev–Trinajstić information content (AvgIpc) is 3.38. The largest absolute Gasteiger partial charge is 0.462 e. The van der Waals surface area contributed by atoms with E-state index in [1.165, 1.54) is 44.1 Å². The minimum atomic E-state index is -0.463. The molecule has 0 unspecified atom stereocenters. The van der Waals surface area contributed by atoms with Crippen molar-refractivity contribution in [1.82, 2.24) is 5.32 Å². The van der Waals surface area contributed by atoms with Crippen LogP contribution in [0.5, 0.6) is 0 Å². The van der Waals surface area contributed by atoms with Crippen molar-refractivity contribution in [3.63, 3.8) is 0 Å². The summed E-state index contributed by atoms with van der Waals surface area (Å²) in [7, 11) is 0. The number of primary amides is 1. The van der Waals surface area contributed by atoms with Crippen LogP contribution < -0.4 is 11.1 Å². The molecule has 0 aliphatic heterocycles. The number of benzene rings is 1. The number of hydrogen-bond donors (Lipinski definition) is 2. The van der Waals surface area contributed by atoms with Gasteiger partial charge in [-0.15, -0.1) is 0 Å². The van der Waals surface area contributed by atoms with Gasteiger partial charge in [0, 0.05) is 29.0 Å². The zero-order chi connectivity index (χ0) is 34.9. The van der Waals surface area contributed by atoms with Crippen LogP contribution in [0.15, 0.2) is 36.4 Å². The minimum absolute atomic E-state index is 0.0413. The van der Waals surface area contributed by atoms with Crippen LogP contribution in [0.25, 0.3) is 0 Å². The van der Waals surface area contributed by atoms with Crippen molar-refractivity contribution in [3.8, 4) is 0 Å². The molecule has 5 fully saturated rings. The first-order valence-electron chi connectivity index (χ1n) is 18.7. The summed E-state index contributed by atoms with van der Waals surface area (Å²) in [6.45, 7) is 20.2. The fraction of sp³-hybridized carbons (Fsp3) is 0.732. The van der Waals surface area contributed by atoms with E-state index < -0.39 is 5.91 Å². The van der Waals surface area contributed by atoms with Gasteiger partial charge in [0.1, 0.15) is 6.10 Å². The molecular formula is C41H59ClN2O4.